The largest absolute Gasteiger partial charge is 0.490 e. The molecule has 0 unspecified atom stereocenters. The second kappa shape index (κ2) is 6.89. The molecule has 2 aromatic rings. The number of hydrogen-bond acceptors (Lipinski definition) is 6. The van der Waals surface area contributed by atoms with E-state index in [1.54, 1.807) is 31.2 Å². The first-order valence-electron chi connectivity index (χ1n) is 11.3. The van der Waals surface area contributed by atoms with Crippen molar-refractivity contribution in [2.45, 2.75) is 32.4 Å². The molecule has 0 atom stereocenters. The average Bonchev–Trinajstić information content (AvgIpc) is 3.06. The fraction of sp³-hybridized carbons (Fsp3) is 0.429. The van der Waals surface area contributed by atoms with E-state index in [0.717, 1.165) is 4.90 Å². The van der Waals surface area contributed by atoms with Gasteiger partial charge in [-0.15, -0.1) is 0 Å². The van der Waals surface area contributed by atoms with E-state index in [1.165, 1.54) is 0 Å². The molecule has 4 heterocycles. The zero-order valence-corrected chi connectivity index (χ0v) is 15.4. The molecule has 3 aliphatic heterocycles. The molecular weight excluding hydrogens is 358 g/mol. The van der Waals surface area contributed by atoms with Crippen molar-refractivity contribution >= 4 is 11.7 Å². The molecule has 1 amide bonds. The van der Waals surface area contributed by atoms with Crippen LogP contribution in [-0.2, 0) is 6.54 Å². The van der Waals surface area contributed by atoms with Gasteiger partial charge in [0.05, 0.1) is 17.8 Å². The van der Waals surface area contributed by atoms with E-state index in [1.807, 2.05) is 0 Å². The third kappa shape index (κ3) is 3.10. The summed E-state index contributed by atoms with van der Waals surface area (Å²) in [6.07, 6.45) is -0.816. The maximum atomic E-state index is 11.9. The Hall–Kier alpha value is -2.96. The quantitative estimate of drug-likeness (QED) is 0.875. The van der Waals surface area contributed by atoms with Gasteiger partial charge in [-0.3, -0.25) is 4.79 Å². The molecule has 1 N–H and O–H groups in total. The van der Waals surface area contributed by atoms with Crippen LogP contribution in [0.1, 0.15) is 39.9 Å². The zero-order chi connectivity index (χ0) is 22.7. The first kappa shape index (κ1) is 13.3. The maximum Gasteiger partial charge on any atom is 0.253 e. The molecule has 1 fully saturated rings. The van der Waals surface area contributed by atoms with Gasteiger partial charge in [-0.1, -0.05) is 0 Å². The molecule has 7 nitrogen and oxygen atoms in total. The second-order valence-corrected chi connectivity index (χ2v) is 6.91. The van der Waals surface area contributed by atoms with Crippen molar-refractivity contribution < 1.29 is 24.5 Å². The van der Waals surface area contributed by atoms with Gasteiger partial charge >= 0.3 is 0 Å². The highest BCUT2D eigenvalue weighted by Gasteiger charge is 2.27. The summed E-state index contributed by atoms with van der Waals surface area (Å²) in [6.45, 7) is -1.26. The van der Waals surface area contributed by atoms with Crippen LogP contribution in [0.25, 0.3) is 0 Å². The minimum atomic E-state index is -2.07. The first-order chi connectivity index (χ1) is 15.1. The summed E-state index contributed by atoms with van der Waals surface area (Å²) in [6, 6.07) is 6.77. The number of anilines is 1. The number of piperidine rings is 1. The van der Waals surface area contributed by atoms with Crippen molar-refractivity contribution in [1.82, 2.24) is 10.3 Å². The number of ether oxygens (including phenoxy) is 3. The van der Waals surface area contributed by atoms with Crippen molar-refractivity contribution in [3.63, 3.8) is 0 Å². The predicted octanol–water partition coefficient (Wildman–Crippen LogP) is 2.45. The summed E-state index contributed by atoms with van der Waals surface area (Å²) in [5.74, 6) is 1.62. The van der Waals surface area contributed by atoms with Crippen molar-refractivity contribution in [2.24, 2.45) is 0 Å². The normalized spacial score (nSPS) is 24.3. The topological polar surface area (TPSA) is 72.9 Å². The van der Waals surface area contributed by atoms with Crippen LogP contribution in [-0.4, -0.2) is 43.2 Å². The number of hydrogen-bond donors (Lipinski definition) is 1. The van der Waals surface area contributed by atoms with E-state index in [0.29, 0.717) is 47.3 Å². The third-order valence-electron chi connectivity index (χ3n) is 4.91. The molecule has 7 heteroatoms. The Morgan fingerprint density at radius 1 is 1.21 bits per heavy atom. The number of amides is 1. The van der Waals surface area contributed by atoms with Crippen molar-refractivity contribution in [3.8, 4) is 17.2 Å². The maximum absolute atomic E-state index is 11.9. The number of carbonyl (C=O) groups excluding carboxylic acids is 1. The number of fused-ring (bicyclic) bond motifs is 2. The molecule has 1 saturated heterocycles. The van der Waals surface area contributed by atoms with Crippen molar-refractivity contribution in [3.05, 3.63) is 41.1 Å². The zero-order valence-electron chi connectivity index (χ0n) is 19.4. The van der Waals surface area contributed by atoms with E-state index >= 15 is 0 Å². The van der Waals surface area contributed by atoms with E-state index < -0.39 is 19.1 Å². The lowest BCUT2D eigenvalue weighted by molar-refractivity contribution is 0.0965. The van der Waals surface area contributed by atoms with Gasteiger partial charge in [-0.05, 0) is 30.7 Å². The van der Waals surface area contributed by atoms with Gasteiger partial charge in [-0.2, -0.15) is 0 Å². The molecule has 1 aromatic heterocycles. The minimum Gasteiger partial charge on any atom is -0.490 e. The molecule has 3 aliphatic rings. The van der Waals surface area contributed by atoms with Crippen LogP contribution in [0.4, 0.5) is 5.82 Å². The highest BCUT2D eigenvalue weighted by Crippen LogP contribution is 2.35. The van der Waals surface area contributed by atoms with Crippen molar-refractivity contribution in [1.29, 1.82) is 0 Å². The fourth-order valence-electron chi connectivity index (χ4n) is 3.49. The molecule has 5 rings (SSSR count). The Kier molecular flexibility index (Phi) is 3.26. The van der Waals surface area contributed by atoms with Crippen molar-refractivity contribution in [2.75, 3.05) is 31.1 Å². The van der Waals surface area contributed by atoms with Gasteiger partial charge in [0.25, 0.3) is 5.91 Å². The van der Waals surface area contributed by atoms with Gasteiger partial charge in [0.15, 0.2) is 11.5 Å². The highest BCUT2D eigenvalue weighted by atomic mass is 16.6. The van der Waals surface area contributed by atoms with Gasteiger partial charge in [-0.25, -0.2) is 4.98 Å². The van der Waals surface area contributed by atoms with Gasteiger partial charge in [0, 0.05) is 37.4 Å². The molecule has 0 radical (unpaired) electrons. The third-order valence-corrected chi connectivity index (χ3v) is 4.91. The SMILES string of the molecule is [2H]C1([2H])CC(Oc2ccc3c(c2)OCCO3)CC([2H])([2H])N1c1nc2c(cc1C)C(=O)NC2. The van der Waals surface area contributed by atoms with E-state index in [9.17, 15) is 4.79 Å². The Labute approximate surface area is 169 Å². The smallest absolute Gasteiger partial charge is 0.253 e. The number of rotatable bonds is 3. The van der Waals surface area contributed by atoms with Gasteiger partial charge < -0.3 is 24.4 Å². The van der Waals surface area contributed by atoms with E-state index in [-0.39, 0.29) is 31.1 Å². The molecule has 146 valence electrons. The molecule has 0 spiro atoms. The van der Waals surface area contributed by atoms with Crippen LogP contribution >= 0.6 is 0 Å². The Morgan fingerprint density at radius 2 is 2.00 bits per heavy atom. The molecule has 0 aliphatic carbocycles. The predicted molar refractivity (Wildman–Crippen MR) is 103 cm³/mol. The number of carbonyl (C=O) groups is 1. The second-order valence-electron chi connectivity index (χ2n) is 6.91. The van der Waals surface area contributed by atoms with E-state index in [2.05, 4.69) is 10.3 Å². The average molecular weight is 385 g/mol. The van der Waals surface area contributed by atoms with Gasteiger partial charge in [0.1, 0.15) is 30.9 Å². The number of nitrogens with zero attached hydrogens (tertiary/aromatic N) is 2. The lowest BCUT2D eigenvalue weighted by atomic mass is 10.1. The molecule has 0 saturated carbocycles. The number of nitrogens with one attached hydrogen (secondary N) is 1. The Morgan fingerprint density at radius 3 is 2.82 bits per heavy atom. The van der Waals surface area contributed by atoms with Crippen LogP contribution in [0.5, 0.6) is 17.2 Å². The minimum absolute atomic E-state index is 0.0592. The standard InChI is InChI=1S/C21H23N3O4/c1-13-10-16-17(12-22-21(16)25)23-20(13)24-6-4-14(5-7-24)28-15-2-3-18-19(11-15)27-9-8-26-18/h2-3,10-11,14H,4-9,12H2,1H3,(H,22,25)/i6D2,7D2. The summed E-state index contributed by atoms with van der Waals surface area (Å²) in [5.41, 5.74) is 1.49. The van der Waals surface area contributed by atoms with Crippen LogP contribution in [0.2, 0.25) is 0 Å². The first-order valence-corrected chi connectivity index (χ1v) is 9.29. The summed E-state index contributed by atoms with van der Waals surface area (Å²) in [7, 11) is 0. The van der Waals surface area contributed by atoms with Gasteiger partial charge in [0.2, 0.25) is 0 Å². The number of aromatic nitrogens is 1. The summed E-state index contributed by atoms with van der Waals surface area (Å²) < 4.78 is 51.7. The van der Waals surface area contributed by atoms with Crippen LogP contribution in [0.3, 0.4) is 0 Å². The number of aryl methyl sites for hydroxylation is 1. The van der Waals surface area contributed by atoms with Crippen LogP contribution in [0.15, 0.2) is 24.3 Å². The van der Waals surface area contributed by atoms with E-state index in [4.69, 9.17) is 19.7 Å². The Bertz CT molecular complexity index is 1080. The highest BCUT2D eigenvalue weighted by molar-refractivity contribution is 5.98. The Balaban J connectivity index is 1.41. The fourth-order valence-corrected chi connectivity index (χ4v) is 3.49. The monoisotopic (exact) mass is 385 g/mol. The number of benzene rings is 1. The lowest BCUT2D eigenvalue weighted by Crippen LogP contribution is -2.39. The summed E-state index contributed by atoms with van der Waals surface area (Å²) in [4.78, 5) is 17.5. The molecule has 1 aromatic carbocycles. The molecule has 0 bridgehead atoms. The summed E-state index contributed by atoms with van der Waals surface area (Å²) >= 11 is 0. The molecule has 28 heavy (non-hydrogen) atoms. The van der Waals surface area contributed by atoms with Crippen LogP contribution in [0, 0.1) is 6.92 Å². The summed E-state index contributed by atoms with van der Waals surface area (Å²) in [5, 5.41) is 2.69. The van der Waals surface area contributed by atoms with Crippen LogP contribution < -0.4 is 24.4 Å². The number of pyridine rings is 1. The lowest BCUT2D eigenvalue weighted by Gasteiger charge is -2.34. The molecular formula is C21H23N3O4.